The van der Waals surface area contributed by atoms with Crippen LogP contribution >= 0.6 is 0 Å². The minimum Gasteiger partial charge on any atom is -0.493 e. The lowest BCUT2D eigenvalue weighted by atomic mass is 10.1. The summed E-state index contributed by atoms with van der Waals surface area (Å²) in [6.07, 6.45) is 0.317. The van der Waals surface area contributed by atoms with Crippen LogP contribution in [-0.4, -0.2) is 37.3 Å². The molecule has 0 heterocycles. The first-order valence-corrected chi connectivity index (χ1v) is 8.03. The summed E-state index contributed by atoms with van der Waals surface area (Å²) in [6, 6.07) is 10.5. The average Bonchev–Trinajstić information content (AvgIpc) is 2.61. The van der Waals surface area contributed by atoms with Crippen molar-refractivity contribution in [2.75, 3.05) is 25.6 Å². The van der Waals surface area contributed by atoms with Crippen molar-refractivity contribution in [1.29, 1.82) is 0 Å². The number of carboxylic acids is 1. The molecule has 0 aromatic heterocycles. The number of ether oxygens (including phenoxy) is 2. The number of carboxylic acid groups (broad SMARTS) is 1. The van der Waals surface area contributed by atoms with Crippen molar-refractivity contribution in [3.05, 3.63) is 59.4 Å². The Morgan fingerprint density at radius 3 is 2.65 bits per heavy atom. The van der Waals surface area contributed by atoms with Crippen molar-refractivity contribution in [2.24, 2.45) is 0 Å². The van der Waals surface area contributed by atoms with E-state index < -0.39 is 24.1 Å². The third-order valence-electron chi connectivity index (χ3n) is 3.51. The maximum absolute atomic E-state index is 13.9. The van der Waals surface area contributed by atoms with E-state index in [1.807, 2.05) is 0 Å². The van der Waals surface area contributed by atoms with Gasteiger partial charge in [0.25, 0.3) is 5.91 Å². The van der Waals surface area contributed by atoms with Gasteiger partial charge in [-0.1, -0.05) is 12.1 Å². The second-order valence-electron chi connectivity index (χ2n) is 5.55. The summed E-state index contributed by atoms with van der Waals surface area (Å²) in [5, 5.41) is 11.3. The molecular weight excluding hydrogens is 341 g/mol. The maximum atomic E-state index is 13.9. The average molecular weight is 361 g/mol. The first-order valence-electron chi connectivity index (χ1n) is 8.03. The fourth-order valence-corrected chi connectivity index (χ4v) is 2.26. The van der Waals surface area contributed by atoms with Gasteiger partial charge in [-0.3, -0.25) is 9.59 Å². The zero-order chi connectivity index (χ0) is 18.9. The van der Waals surface area contributed by atoms with Crippen molar-refractivity contribution in [1.82, 2.24) is 0 Å². The summed E-state index contributed by atoms with van der Waals surface area (Å²) in [5.74, 6) is -1.67. The Labute approximate surface area is 150 Å². The van der Waals surface area contributed by atoms with E-state index in [1.54, 1.807) is 31.4 Å². The highest BCUT2D eigenvalue weighted by Gasteiger charge is 2.11. The van der Waals surface area contributed by atoms with Crippen LogP contribution in [0.1, 0.15) is 22.3 Å². The van der Waals surface area contributed by atoms with Crippen LogP contribution in [-0.2, 0) is 16.0 Å². The van der Waals surface area contributed by atoms with E-state index in [0.29, 0.717) is 24.5 Å². The fraction of sp³-hybridized carbons (Fsp3) is 0.263. The van der Waals surface area contributed by atoms with Crippen molar-refractivity contribution in [3.8, 4) is 5.75 Å². The van der Waals surface area contributed by atoms with Gasteiger partial charge in [-0.25, -0.2) is 4.39 Å². The summed E-state index contributed by atoms with van der Waals surface area (Å²) < 4.78 is 24.4. The summed E-state index contributed by atoms with van der Waals surface area (Å²) in [4.78, 5) is 23.0. The molecule has 0 spiro atoms. The van der Waals surface area contributed by atoms with Crippen molar-refractivity contribution >= 4 is 17.6 Å². The molecule has 0 saturated carbocycles. The SMILES string of the molecule is COCCCOc1cccc(C(=O)Nc2ccc(CC(=O)O)c(F)c2)c1. The number of hydrogen-bond donors (Lipinski definition) is 2. The van der Waals surface area contributed by atoms with Gasteiger partial charge in [-0.05, 0) is 35.9 Å². The van der Waals surface area contributed by atoms with Gasteiger partial charge in [-0.2, -0.15) is 0 Å². The largest absolute Gasteiger partial charge is 0.493 e. The second kappa shape index (κ2) is 9.53. The third kappa shape index (κ3) is 5.86. The quantitative estimate of drug-likeness (QED) is 0.671. The second-order valence-corrected chi connectivity index (χ2v) is 5.55. The number of amides is 1. The molecule has 7 heteroatoms. The standard InChI is InChI=1S/C19H20FNO5/c1-25-8-3-9-26-16-5-2-4-14(10-16)19(24)21-15-7-6-13(11-18(22)23)17(20)12-15/h2,4-7,10,12H,3,8-9,11H2,1H3,(H,21,24)(H,22,23). The molecule has 0 aliphatic carbocycles. The summed E-state index contributed by atoms with van der Waals surface area (Å²) in [6.45, 7) is 1.05. The van der Waals surface area contributed by atoms with Crippen molar-refractivity contribution in [3.63, 3.8) is 0 Å². The molecule has 0 fully saturated rings. The molecule has 0 aliphatic heterocycles. The Kier molecular flexibility index (Phi) is 7.11. The van der Waals surface area contributed by atoms with E-state index in [1.165, 1.54) is 12.1 Å². The summed E-state index contributed by atoms with van der Waals surface area (Å²) in [7, 11) is 1.61. The fourth-order valence-electron chi connectivity index (χ4n) is 2.26. The van der Waals surface area contributed by atoms with Crippen LogP contribution in [0, 0.1) is 5.82 Å². The molecule has 2 aromatic rings. The molecule has 0 unspecified atom stereocenters. The minimum atomic E-state index is -1.12. The molecule has 2 aromatic carbocycles. The normalized spacial score (nSPS) is 10.4. The highest BCUT2D eigenvalue weighted by atomic mass is 19.1. The number of halogens is 1. The lowest BCUT2D eigenvalue weighted by Gasteiger charge is -2.09. The number of rotatable bonds is 9. The van der Waals surface area contributed by atoms with Crippen molar-refractivity contribution < 1.29 is 28.6 Å². The minimum absolute atomic E-state index is 0.0574. The van der Waals surface area contributed by atoms with Gasteiger partial charge in [0.2, 0.25) is 0 Å². The van der Waals surface area contributed by atoms with E-state index in [0.717, 1.165) is 12.5 Å². The predicted molar refractivity (Wildman–Crippen MR) is 94.1 cm³/mol. The highest BCUT2D eigenvalue weighted by Crippen LogP contribution is 2.18. The topological polar surface area (TPSA) is 84.9 Å². The van der Waals surface area contributed by atoms with Crippen molar-refractivity contribution in [2.45, 2.75) is 12.8 Å². The van der Waals surface area contributed by atoms with Gasteiger partial charge in [0.15, 0.2) is 0 Å². The molecule has 138 valence electrons. The van der Waals surface area contributed by atoms with Gasteiger partial charge < -0.3 is 19.9 Å². The molecule has 26 heavy (non-hydrogen) atoms. The molecule has 0 radical (unpaired) electrons. The van der Waals surface area contributed by atoms with Crippen LogP contribution in [0.2, 0.25) is 0 Å². The molecule has 6 nitrogen and oxygen atoms in total. The zero-order valence-electron chi connectivity index (χ0n) is 14.3. The molecule has 2 N–H and O–H groups in total. The Hall–Kier alpha value is -2.93. The lowest BCUT2D eigenvalue weighted by molar-refractivity contribution is -0.136. The Morgan fingerprint density at radius 1 is 1.15 bits per heavy atom. The molecule has 0 atom stereocenters. The number of carbonyl (C=O) groups excluding carboxylic acids is 1. The van der Waals surface area contributed by atoms with Gasteiger partial charge in [-0.15, -0.1) is 0 Å². The van der Waals surface area contributed by atoms with E-state index in [2.05, 4.69) is 5.32 Å². The molecular formula is C19H20FNO5. The van der Waals surface area contributed by atoms with Gasteiger partial charge >= 0.3 is 5.97 Å². The molecule has 1 amide bonds. The Bertz CT molecular complexity index is 778. The number of nitrogens with one attached hydrogen (secondary N) is 1. The Balaban J connectivity index is 2.01. The van der Waals surface area contributed by atoms with Gasteiger partial charge in [0.1, 0.15) is 11.6 Å². The van der Waals surface area contributed by atoms with Crippen LogP contribution in [0.25, 0.3) is 0 Å². The van der Waals surface area contributed by atoms with Crippen LogP contribution in [0.3, 0.4) is 0 Å². The van der Waals surface area contributed by atoms with Crippen LogP contribution in [0.4, 0.5) is 10.1 Å². The van der Waals surface area contributed by atoms with E-state index in [-0.39, 0.29) is 11.3 Å². The predicted octanol–water partition coefficient (Wildman–Crippen LogP) is 3.12. The first kappa shape index (κ1) is 19.4. The number of anilines is 1. The van der Waals surface area contributed by atoms with Crippen LogP contribution < -0.4 is 10.1 Å². The van der Waals surface area contributed by atoms with Gasteiger partial charge in [0, 0.05) is 31.4 Å². The number of benzene rings is 2. The zero-order valence-corrected chi connectivity index (χ0v) is 14.3. The summed E-state index contributed by atoms with van der Waals surface area (Å²) >= 11 is 0. The number of aliphatic carboxylic acids is 1. The monoisotopic (exact) mass is 361 g/mol. The highest BCUT2D eigenvalue weighted by molar-refractivity contribution is 6.04. The lowest BCUT2D eigenvalue weighted by Crippen LogP contribution is -2.13. The number of methoxy groups -OCH3 is 1. The van der Waals surface area contributed by atoms with Crippen LogP contribution in [0.5, 0.6) is 5.75 Å². The third-order valence-corrected chi connectivity index (χ3v) is 3.51. The molecule has 0 bridgehead atoms. The van der Waals surface area contributed by atoms with E-state index in [9.17, 15) is 14.0 Å². The van der Waals surface area contributed by atoms with Gasteiger partial charge in [0.05, 0.1) is 13.0 Å². The van der Waals surface area contributed by atoms with E-state index >= 15 is 0 Å². The number of carbonyl (C=O) groups is 2. The molecule has 2 rings (SSSR count). The number of hydrogen-bond acceptors (Lipinski definition) is 4. The van der Waals surface area contributed by atoms with E-state index in [4.69, 9.17) is 14.6 Å². The molecule has 0 aliphatic rings. The van der Waals surface area contributed by atoms with Crippen LogP contribution in [0.15, 0.2) is 42.5 Å². The smallest absolute Gasteiger partial charge is 0.307 e. The first-order chi connectivity index (χ1) is 12.5. The maximum Gasteiger partial charge on any atom is 0.307 e. The molecule has 0 saturated heterocycles. The summed E-state index contributed by atoms with van der Waals surface area (Å²) in [5.41, 5.74) is 0.666. The Morgan fingerprint density at radius 2 is 1.96 bits per heavy atom.